The zero-order valence-electron chi connectivity index (χ0n) is 10.7. The summed E-state index contributed by atoms with van der Waals surface area (Å²) in [6.07, 6.45) is -20.8. The second-order valence-electron chi connectivity index (χ2n) is 3.90. The van der Waals surface area contributed by atoms with Gasteiger partial charge in [-0.2, -0.15) is 52.7 Å². The zero-order chi connectivity index (χ0) is 19.8. The Balaban J connectivity index is 5.65. The van der Waals surface area contributed by atoms with E-state index in [0.29, 0.717) is 0 Å². The smallest absolute Gasteiger partial charge is 0.454 e. The summed E-state index contributed by atoms with van der Waals surface area (Å²) in [7, 11) is 0. The van der Waals surface area contributed by atoms with E-state index in [1.807, 2.05) is 4.74 Å². The monoisotopic (exact) mass is 388 g/mol. The predicted molar refractivity (Wildman–Crippen MR) is 48.1 cm³/mol. The fraction of sp³-hybridized carbons (Fsp3) is 0.667. The molecule has 15 heteroatoms. The fourth-order valence-electron chi connectivity index (χ4n) is 0.838. The molecule has 1 unspecified atom stereocenters. The van der Waals surface area contributed by atoms with Gasteiger partial charge in [-0.1, -0.05) is 6.58 Å². The maximum absolute atomic E-state index is 13.4. The van der Waals surface area contributed by atoms with Crippen molar-refractivity contribution in [3.63, 3.8) is 0 Å². The van der Waals surface area contributed by atoms with Gasteiger partial charge in [-0.25, -0.2) is 4.79 Å². The van der Waals surface area contributed by atoms with Crippen molar-refractivity contribution < 1.29 is 67.0 Å². The van der Waals surface area contributed by atoms with Gasteiger partial charge >= 0.3 is 36.2 Å². The highest BCUT2D eigenvalue weighted by atomic mass is 19.4. The quantitative estimate of drug-likeness (QED) is 0.391. The first-order valence-electron chi connectivity index (χ1n) is 5.08. The van der Waals surface area contributed by atoms with Crippen LogP contribution in [0.5, 0.6) is 0 Å². The van der Waals surface area contributed by atoms with Crippen molar-refractivity contribution in [2.45, 2.75) is 30.2 Å². The predicted octanol–water partition coefficient (Wildman–Crippen LogP) is 4.05. The van der Waals surface area contributed by atoms with Gasteiger partial charge in [0.05, 0.1) is 0 Å². The van der Waals surface area contributed by atoms with Crippen LogP contribution in [0.15, 0.2) is 12.4 Å². The summed E-state index contributed by atoms with van der Waals surface area (Å²) in [6.45, 7) is -0.851. The molecule has 3 nitrogen and oxygen atoms in total. The Morgan fingerprint density at radius 2 is 1.25 bits per heavy atom. The van der Waals surface area contributed by atoms with E-state index < -0.39 is 48.6 Å². The van der Waals surface area contributed by atoms with Gasteiger partial charge in [-0.05, 0) is 0 Å². The molecule has 0 amide bonds. The summed E-state index contributed by atoms with van der Waals surface area (Å²) >= 11 is 0. The third-order valence-corrected chi connectivity index (χ3v) is 2.05. The minimum Gasteiger partial charge on any atom is -0.454 e. The molecule has 0 radical (unpaired) electrons. The van der Waals surface area contributed by atoms with Crippen molar-refractivity contribution in [2.75, 3.05) is 6.61 Å². The first-order valence-corrected chi connectivity index (χ1v) is 5.08. The van der Waals surface area contributed by atoms with E-state index in [-0.39, 0.29) is 0 Å². The van der Waals surface area contributed by atoms with Crippen LogP contribution in [0.1, 0.15) is 0 Å². The van der Waals surface area contributed by atoms with Gasteiger partial charge in [-0.3, -0.25) is 4.74 Å². The number of esters is 1. The SMILES string of the molecule is C=C(F)C(=O)OCC(F)(OC(F)(F)C(F)(F)C(F)(F)F)C(F)(F)F. The topological polar surface area (TPSA) is 35.5 Å². The standard InChI is InChI=1S/C9H4F12O3/c1-3(10)4(22)23-2-5(11,7(14,15)16)24-9(20,21)6(12,13)8(17,18)19/h1-2H2. The molecule has 0 aliphatic heterocycles. The van der Waals surface area contributed by atoms with E-state index in [2.05, 4.69) is 11.3 Å². The molecule has 0 aromatic rings. The van der Waals surface area contributed by atoms with Gasteiger partial charge in [0, 0.05) is 0 Å². The normalized spacial score (nSPS) is 16.5. The van der Waals surface area contributed by atoms with Crippen molar-refractivity contribution in [1.29, 1.82) is 0 Å². The molecule has 142 valence electrons. The van der Waals surface area contributed by atoms with Gasteiger partial charge < -0.3 is 4.74 Å². The second-order valence-corrected chi connectivity index (χ2v) is 3.90. The van der Waals surface area contributed by atoms with Crippen LogP contribution in [0.3, 0.4) is 0 Å². The highest BCUT2D eigenvalue weighted by Crippen LogP contribution is 2.50. The van der Waals surface area contributed by atoms with Crippen LogP contribution < -0.4 is 0 Å². The average molecular weight is 388 g/mol. The Labute approximate surface area is 123 Å². The van der Waals surface area contributed by atoms with E-state index in [1.165, 1.54) is 0 Å². The van der Waals surface area contributed by atoms with E-state index in [1.54, 1.807) is 0 Å². The molecule has 0 rings (SSSR count). The highest BCUT2D eigenvalue weighted by Gasteiger charge is 2.78. The van der Waals surface area contributed by atoms with Gasteiger partial charge in [0.2, 0.25) is 5.83 Å². The summed E-state index contributed by atoms with van der Waals surface area (Å²) < 4.78 is 153. The maximum atomic E-state index is 13.4. The van der Waals surface area contributed by atoms with Crippen molar-refractivity contribution >= 4 is 5.97 Å². The first kappa shape index (κ1) is 22.3. The molecule has 24 heavy (non-hydrogen) atoms. The van der Waals surface area contributed by atoms with E-state index in [4.69, 9.17) is 0 Å². The number of alkyl halides is 11. The van der Waals surface area contributed by atoms with Crippen molar-refractivity contribution in [2.24, 2.45) is 0 Å². The Bertz CT molecular complexity index is 493. The molecular formula is C9H4F12O3. The van der Waals surface area contributed by atoms with Crippen LogP contribution in [-0.2, 0) is 14.3 Å². The van der Waals surface area contributed by atoms with Crippen LogP contribution in [0.25, 0.3) is 0 Å². The number of rotatable bonds is 6. The number of hydrogen-bond acceptors (Lipinski definition) is 3. The molecule has 0 aromatic carbocycles. The summed E-state index contributed by atoms with van der Waals surface area (Å²) in [5, 5.41) is 0. The van der Waals surface area contributed by atoms with Gasteiger partial charge in [0.15, 0.2) is 6.61 Å². The number of hydrogen-bond donors (Lipinski definition) is 0. The number of halogens is 12. The maximum Gasteiger partial charge on any atom is 0.462 e. The van der Waals surface area contributed by atoms with Crippen LogP contribution in [-0.4, -0.2) is 42.8 Å². The molecular weight excluding hydrogens is 384 g/mol. The lowest BCUT2D eigenvalue weighted by atomic mass is 10.2. The Morgan fingerprint density at radius 1 is 0.833 bits per heavy atom. The van der Waals surface area contributed by atoms with Crippen LogP contribution in [0, 0.1) is 0 Å². The number of ether oxygens (including phenoxy) is 2. The molecule has 0 saturated carbocycles. The summed E-state index contributed by atoms with van der Waals surface area (Å²) in [5.74, 6) is -17.8. The lowest BCUT2D eigenvalue weighted by Crippen LogP contribution is -2.60. The summed E-state index contributed by atoms with van der Waals surface area (Å²) in [5.41, 5.74) is 0. The fourth-order valence-corrected chi connectivity index (χ4v) is 0.838. The van der Waals surface area contributed by atoms with Crippen LogP contribution >= 0.6 is 0 Å². The molecule has 0 heterocycles. The minimum absolute atomic E-state index is 1.99. The van der Waals surface area contributed by atoms with Gasteiger partial charge in [-0.15, -0.1) is 0 Å². The lowest BCUT2D eigenvalue weighted by molar-refractivity contribution is -0.485. The van der Waals surface area contributed by atoms with Crippen molar-refractivity contribution in [1.82, 2.24) is 0 Å². The molecule has 0 saturated heterocycles. The average Bonchev–Trinajstić information content (AvgIpc) is 2.32. The molecule has 0 aliphatic rings. The Hall–Kier alpha value is -1.67. The third-order valence-electron chi connectivity index (χ3n) is 2.05. The number of carbonyl (C=O) groups is 1. The van der Waals surface area contributed by atoms with Crippen molar-refractivity contribution in [3.8, 4) is 0 Å². The molecule has 0 N–H and O–H groups in total. The second kappa shape index (κ2) is 6.33. The van der Waals surface area contributed by atoms with Gasteiger partial charge in [0.1, 0.15) is 0 Å². The zero-order valence-corrected chi connectivity index (χ0v) is 10.7. The molecule has 0 bridgehead atoms. The van der Waals surface area contributed by atoms with E-state index in [9.17, 15) is 57.5 Å². The van der Waals surface area contributed by atoms with Crippen molar-refractivity contribution in [3.05, 3.63) is 12.4 Å². The third kappa shape index (κ3) is 4.45. The van der Waals surface area contributed by atoms with Crippen LogP contribution in [0.4, 0.5) is 52.7 Å². The first-order chi connectivity index (χ1) is 10.3. The molecule has 1 atom stereocenters. The van der Waals surface area contributed by atoms with Crippen LogP contribution in [0.2, 0.25) is 0 Å². The number of carbonyl (C=O) groups excluding carboxylic acids is 1. The molecule has 0 aromatic heterocycles. The minimum atomic E-state index is -7.24. The lowest BCUT2D eigenvalue weighted by Gasteiger charge is -2.34. The molecule has 0 fully saturated rings. The van der Waals surface area contributed by atoms with E-state index in [0.717, 1.165) is 0 Å². The highest BCUT2D eigenvalue weighted by molar-refractivity contribution is 5.85. The summed E-state index contributed by atoms with van der Waals surface area (Å²) in [4.78, 5) is 10.4. The Kier molecular flexibility index (Phi) is 5.89. The van der Waals surface area contributed by atoms with Gasteiger partial charge in [0.25, 0.3) is 0 Å². The summed E-state index contributed by atoms with van der Waals surface area (Å²) in [6, 6.07) is 0. The largest absolute Gasteiger partial charge is 0.462 e. The van der Waals surface area contributed by atoms with E-state index >= 15 is 0 Å². The Morgan fingerprint density at radius 3 is 1.54 bits per heavy atom. The molecule has 0 aliphatic carbocycles. The molecule has 0 spiro atoms.